The van der Waals surface area contributed by atoms with E-state index >= 15 is 0 Å². The van der Waals surface area contributed by atoms with Gasteiger partial charge in [0.15, 0.2) is 5.76 Å². The van der Waals surface area contributed by atoms with E-state index in [0.29, 0.717) is 36.5 Å². The molecule has 1 N–H and O–H groups in total. The molecule has 2 atom stereocenters. The molecule has 0 bridgehead atoms. The average Bonchev–Trinajstić information content (AvgIpc) is 3.36. The summed E-state index contributed by atoms with van der Waals surface area (Å²) in [6, 6.07) is 5.75. The van der Waals surface area contributed by atoms with Crippen molar-refractivity contribution in [2.24, 2.45) is 11.8 Å². The summed E-state index contributed by atoms with van der Waals surface area (Å²) in [5.74, 6) is 1.82. The molecule has 27 heavy (non-hydrogen) atoms. The topological polar surface area (TPSA) is 95.3 Å². The smallest absolute Gasteiger partial charge is 0.266 e. The molecule has 1 saturated heterocycles. The number of nitrogens with zero attached hydrogens (tertiary/aromatic N) is 3. The van der Waals surface area contributed by atoms with Crippen molar-refractivity contribution in [3.8, 4) is 17.7 Å². The van der Waals surface area contributed by atoms with Crippen LogP contribution >= 0.6 is 0 Å². The van der Waals surface area contributed by atoms with Gasteiger partial charge in [0.05, 0.1) is 6.26 Å². The third-order valence-electron chi connectivity index (χ3n) is 5.47. The fourth-order valence-electron chi connectivity index (χ4n) is 3.29. The SMILES string of the molecule is CC[C@@H](C)[C@H](C)NC(=O)C1CCN(c2oc(-c3ccco3)nc2C#N)CC1. The standard InChI is InChI=1S/C20H26N4O3/c1-4-13(2)14(3)22-18(25)15-7-9-24(10-8-15)20-16(12-21)23-19(27-20)17-6-5-11-26-17/h5-6,11,13-15H,4,7-10H2,1-3H3,(H,22,25)/t13-,14+/m1/s1. The van der Waals surface area contributed by atoms with Crippen LogP contribution in [0.25, 0.3) is 11.7 Å². The lowest BCUT2D eigenvalue weighted by molar-refractivity contribution is -0.126. The number of piperidine rings is 1. The number of nitriles is 1. The number of furan rings is 1. The van der Waals surface area contributed by atoms with Crippen molar-refractivity contribution in [2.75, 3.05) is 18.0 Å². The summed E-state index contributed by atoms with van der Waals surface area (Å²) in [6.45, 7) is 7.64. The summed E-state index contributed by atoms with van der Waals surface area (Å²) < 4.78 is 11.1. The van der Waals surface area contributed by atoms with Crippen molar-refractivity contribution in [1.82, 2.24) is 10.3 Å². The number of carbonyl (C=O) groups excluding carboxylic acids is 1. The minimum atomic E-state index is -0.00856. The molecule has 1 amide bonds. The molecule has 1 fully saturated rings. The molecule has 3 heterocycles. The van der Waals surface area contributed by atoms with Crippen molar-refractivity contribution >= 4 is 11.8 Å². The summed E-state index contributed by atoms with van der Waals surface area (Å²) in [7, 11) is 0. The first-order chi connectivity index (χ1) is 13.0. The van der Waals surface area contributed by atoms with Crippen LogP contribution in [0.4, 0.5) is 5.88 Å². The number of hydrogen-bond donors (Lipinski definition) is 1. The Kier molecular flexibility index (Phi) is 5.84. The molecule has 0 radical (unpaired) electrons. The van der Waals surface area contributed by atoms with Gasteiger partial charge >= 0.3 is 0 Å². The third kappa shape index (κ3) is 4.16. The average molecular weight is 370 g/mol. The number of amides is 1. The van der Waals surface area contributed by atoms with E-state index < -0.39 is 0 Å². The Hall–Kier alpha value is -2.75. The van der Waals surface area contributed by atoms with E-state index in [1.165, 1.54) is 6.26 Å². The van der Waals surface area contributed by atoms with E-state index in [-0.39, 0.29) is 23.6 Å². The van der Waals surface area contributed by atoms with E-state index in [1.807, 2.05) is 4.90 Å². The zero-order chi connectivity index (χ0) is 19.4. The van der Waals surface area contributed by atoms with Crippen LogP contribution in [0.2, 0.25) is 0 Å². The quantitative estimate of drug-likeness (QED) is 0.835. The van der Waals surface area contributed by atoms with Gasteiger partial charge in [0, 0.05) is 25.0 Å². The van der Waals surface area contributed by atoms with Gasteiger partial charge in [-0.05, 0) is 37.8 Å². The molecular weight excluding hydrogens is 344 g/mol. The van der Waals surface area contributed by atoms with Crippen molar-refractivity contribution < 1.29 is 13.6 Å². The number of aromatic nitrogens is 1. The second-order valence-corrected chi connectivity index (χ2v) is 7.21. The largest absolute Gasteiger partial charge is 0.459 e. The molecule has 1 aliphatic rings. The highest BCUT2D eigenvalue weighted by Gasteiger charge is 2.30. The molecule has 0 aromatic carbocycles. The summed E-state index contributed by atoms with van der Waals surface area (Å²) >= 11 is 0. The van der Waals surface area contributed by atoms with Gasteiger partial charge in [0.1, 0.15) is 6.07 Å². The van der Waals surface area contributed by atoms with Gasteiger partial charge in [-0.1, -0.05) is 20.3 Å². The first kappa shape index (κ1) is 19.0. The minimum absolute atomic E-state index is 0.00856. The second-order valence-electron chi connectivity index (χ2n) is 7.21. The van der Waals surface area contributed by atoms with Crippen molar-refractivity contribution in [3.63, 3.8) is 0 Å². The highest BCUT2D eigenvalue weighted by Crippen LogP contribution is 2.31. The lowest BCUT2D eigenvalue weighted by atomic mass is 9.94. The predicted molar refractivity (Wildman–Crippen MR) is 101 cm³/mol. The van der Waals surface area contributed by atoms with Gasteiger partial charge in [-0.3, -0.25) is 4.79 Å². The zero-order valence-electron chi connectivity index (χ0n) is 16.1. The number of oxazole rings is 1. The van der Waals surface area contributed by atoms with Gasteiger partial charge in [0.25, 0.3) is 5.89 Å². The van der Waals surface area contributed by atoms with Crippen LogP contribution < -0.4 is 10.2 Å². The molecule has 3 rings (SSSR count). The zero-order valence-corrected chi connectivity index (χ0v) is 16.1. The Bertz CT molecular complexity index is 798. The van der Waals surface area contributed by atoms with Crippen LogP contribution in [0.3, 0.4) is 0 Å². The number of carbonyl (C=O) groups is 1. The molecule has 7 nitrogen and oxygen atoms in total. The Morgan fingerprint density at radius 2 is 2.19 bits per heavy atom. The maximum atomic E-state index is 12.5. The number of rotatable bonds is 6. The number of hydrogen-bond acceptors (Lipinski definition) is 6. The van der Waals surface area contributed by atoms with Crippen molar-refractivity contribution in [3.05, 3.63) is 24.1 Å². The van der Waals surface area contributed by atoms with E-state index in [2.05, 4.69) is 37.1 Å². The summed E-state index contributed by atoms with van der Waals surface area (Å²) in [4.78, 5) is 18.7. The molecule has 0 saturated carbocycles. The molecular formula is C20H26N4O3. The summed E-state index contributed by atoms with van der Waals surface area (Å²) in [5, 5.41) is 12.5. The van der Waals surface area contributed by atoms with Gasteiger partial charge in [0.2, 0.25) is 17.5 Å². The molecule has 144 valence electrons. The normalized spacial score (nSPS) is 17.3. The molecule has 0 aliphatic carbocycles. The Balaban J connectivity index is 1.63. The van der Waals surface area contributed by atoms with E-state index in [4.69, 9.17) is 8.83 Å². The highest BCUT2D eigenvalue weighted by atomic mass is 16.4. The monoisotopic (exact) mass is 370 g/mol. The fourth-order valence-corrected chi connectivity index (χ4v) is 3.29. The Morgan fingerprint density at radius 3 is 2.78 bits per heavy atom. The van der Waals surface area contributed by atoms with Crippen LogP contribution in [-0.4, -0.2) is 30.0 Å². The second kappa shape index (κ2) is 8.30. The summed E-state index contributed by atoms with van der Waals surface area (Å²) in [5.41, 5.74) is 0.245. The first-order valence-corrected chi connectivity index (χ1v) is 9.53. The third-order valence-corrected chi connectivity index (χ3v) is 5.47. The molecule has 1 aliphatic heterocycles. The van der Waals surface area contributed by atoms with Gasteiger partial charge < -0.3 is 19.1 Å². The maximum absolute atomic E-state index is 12.5. The number of anilines is 1. The molecule has 2 aromatic rings. The molecule has 0 unspecified atom stereocenters. The Labute approximate surface area is 159 Å². The Morgan fingerprint density at radius 1 is 1.44 bits per heavy atom. The number of nitrogens with one attached hydrogen (secondary N) is 1. The van der Waals surface area contributed by atoms with Crippen LogP contribution in [0.5, 0.6) is 0 Å². The minimum Gasteiger partial charge on any atom is -0.459 e. The van der Waals surface area contributed by atoms with Crippen molar-refractivity contribution in [1.29, 1.82) is 5.26 Å². The van der Waals surface area contributed by atoms with Crippen molar-refractivity contribution in [2.45, 2.75) is 46.1 Å². The van der Waals surface area contributed by atoms with Crippen LogP contribution in [0.15, 0.2) is 27.2 Å². The van der Waals surface area contributed by atoms with Gasteiger partial charge in [-0.2, -0.15) is 10.2 Å². The van der Waals surface area contributed by atoms with Gasteiger partial charge in [-0.15, -0.1) is 0 Å². The maximum Gasteiger partial charge on any atom is 0.266 e. The molecule has 0 spiro atoms. The lowest BCUT2D eigenvalue weighted by Crippen LogP contribution is -2.44. The first-order valence-electron chi connectivity index (χ1n) is 9.53. The molecule has 2 aromatic heterocycles. The van der Waals surface area contributed by atoms with E-state index in [0.717, 1.165) is 19.3 Å². The van der Waals surface area contributed by atoms with Crippen LogP contribution in [0.1, 0.15) is 45.7 Å². The fraction of sp³-hybridized carbons (Fsp3) is 0.550. The van der Waals surface area contributed by atoms with Crippen LogP contribution in [-0.2, 0) is 4.79 Å². The van der Waals surface area contributed by atoms with E-state index in [1.54, 1.807) is 12.1 Å². The molecule has 7 heteroatoms. The van der Waals surface area contributed by atoms with Gasteiger partial charge in [-0.25, -0.2) is 0 Å². The van der Waals surface area contributed by atoms with Crippen LogP contribution in [0, 0.1) is 23.2 Å². The predicted octanol–water partition coefficient (Wildman–Crippen LogP) is 3.57. The highest BCUT2D eigenvalue weighted by molar-refractivity contribution is 5.79. The summed E-state index contributed by atoms with van der Waals surface area (Å²) in [6.07, 6.45) is 4.03. The van der Waals surface area contributed by atoms with E-state index in [9.17, 15) is 10.1 Å². The lowest BCUT2D eigenvalue weighted by Gasteiger charge is -2.32.